The topological polar surface area (TPSA) is 66.5 Å². The summed E-state index contributed by atoms with van der Waals surface area (Å²) >= 11 is 0. The Kier molecular flexibility index (Phi) is 6.08. The van der Waals surface area contributed by atoms with E-state index >= 15 is 0 Å². The normalized spacial score (nSPS) is 12.5. The molecule has 0 aromatic heterocycles. The van der Waals surface area contributed by atoms with Crippen LogP contribution < -0.4 is 9.62 Å². The second-order valence-corrected chi connectivity index (χ2v) is 8.59. The number of hydrogen-bond donors (Lipinski definition) is 1. The van der Waals surface area contributed by atoms with Crippen molar-refractivity contribution in [2.24, 2.45) is 0 Å². The van der Waals surface area contributed by atoms with Gasteiger partial charge in [0, 0.05) is 0 Å². The molecule has 1 N–H and O–H groups in total. The summed E-state index contributed by atoms with van der Waals surface area (Å²) in [6.07, 6.45) is 1.10. The molecule has 0 heterocycles. The van der Waals surface area contributed by atoms with Gasteiger partial charge in [-0.1, -0.05) is 30.3 Å². The number of nitrogens with zero attached hydrogens (tertiary/aromatic N) is 1. The number of benzene rings is 2. The number of carbonyl (C=O) groups is 1. The first-order valence-corrected chi connectivity index (χ1v) is 10.3. The Morgan fingerprint density at radius 3 is 2.19 bits per heavy atom. The summed E-state index contributed by atoms with van der Waals surface area (Å²) in [5.74, 6) is -0.343. The van der Waals surface area contributed by atoms with Gasteiger partial charge in [-0.15, -0.1) is 0 Å². The fraction of sp³-hybridized carbons (Fsp3) is 0.350. The Morgan fingerprint density at radius 1 is 1.04 bits per heavy atom. The summed E-state index contributed by atoms with van der Waals surface area (Å²) in [6, 6.07) is 12.6. The molecule has 2 aromatic carbocycles. The maximum Gasteiger partial charge on any atom is 0.241 e. The Balaban J connectivity index is 2.17. The maximum atomic E-state index is 12.5. The number of rotatable bonds is 6. The first kappa shape index (κ1) is 20.0. The molecule has 6 heteroatoms. The molecule has 0 aliphatic rings. The highest BCUT2D eigenvalue weighted by Gasteiger charge is 2.22. The molecule has 0 radical (unpaired) electrons. The molecule has 0 saturated carbocycles. The Labute approximate surface area is 156 Å². The van der Waals surface area contributed by atoms with Gasteiger partial charge in [0.05, 0.1) is 18.0 Å². The zero-order valence-electron chi connectivity index (χ0n) is 15.9. The predicted octanol–water partition coefficient (Wildman–Crippen LogP) is 3.26. The SMILES string of the molecule is Cc1cc(C)c([C@@H](C)NC(=O)CN(c2ccccc2)S(C)(=O)=O)cc1C. The zero-order valence-corrected chi connectivity index (χ0v) is 16.7. The molecular formula is C20H26N2O3S. The van der Waals surface area contributed by atoms with E-state index in [9.17, 15) is 13.2 Å². The molecule has 0 bridgehead atoms. The average Bonchev–Trinajstić information content (AvgIpc) is 2.55. The molecule has 0 unspecified atom stereocenters. The van der Waals surface area contributed by atoms with Crippen molar-refractivity contribution in [2.75, 3.05) is 17.1 Å². The second kappa shape index (κ2) is 7.91. The lowest BCUT2D eigenvalue weighted by Gasteiger charge is -2.24. The maximum absolute atomic E-state index is 12.5. The van der Waals surface area contributed by atoms with Crippen LogP contribution in [0.5, 0.6) is 0 Å². The van der Waals surface area contributed by atoms with Crippen molar-refractivity contribution in [3.8, 4) is 0 Å². The number of carbonyl (C=O) groups excluding carboxylic acids is 1. The molecule has 140 valence electrons. The minimum atomic E-state index is -3.56. The summed E-state index contributed by atoms with van der Waals surface area (Å²) in [6.45, 7) is 7.75. The average molecular weight is 375 g/mol. The molecule has 0 fully saturated rings. The van der Waals surface area contributed by atoms with Crippen molar-refractivity contribution in [3.63, 3.8) is 0 Å². The molecule has 0 aliphatic heterocycles. The summed E-state index contributed by atoms with van der Waals surface area (Å²) in [7, 11) is -3.56. The molecule has 1 atom stereocenters. The monoisotopic (exact) mass is 374 g/mol. The standard InChI is InChI=1S/C20H26N2O3S/c1-14-11-16(3)19(12-15(14)2)17(4)21-20(23)13-22(26(5,24)25)18-9-7-6-8-10-18/h6-12,17H,13H2,1-5H3,(H,21,23)/t17-/m1/s1. The van der Waals surface area contributed by atoms with Crippen LogP contribution in [-0.4, -0.2) is 27.1 Å². The van der Waals surface area contributed by atoms with E-state index in [1.165, 1.54) is 5.56 Å². The molecule has 0 saturated heterocycles. The highest BCUT2D eigenvalue weighted by molar-refractivity contribution is 7.92. The first-order chi connectivity index (χ1) is 12.1. The van der Waals surface area contributed by atoms with E-state index in [1.54, 1.807) is 30.3 Å². The first-order valence-electron chi connectivity index (χ1n) is 8.49. The molecule has 2 aromatic rings. The smallest absolute Gasteiger partial charge is 0.241 e. The summed E-state index contributed by atoms with van der Waals surface area (Å²) in [4.78, 5) is 12.5. The third kappa shape index (κ3) is 4.85. The predicted molar refractivity (Wildman–Crippen MR) is 106 cm³/mol. The van der Waals surface area contributed by atoms with Gasteiger partial charge in [-0.2, -0.15) is 0 Å². The fourth-order valence-corrected chi connectivity index (χ4v) is 3.80. The van der Waals surface area contributed by atoms with Crippen molar-refractivity contribution in [2.45, 2.75) is 33.7 Å². The lowest BCUT2D eigenvalue weighted by atomic mass is 9.96. The number of sulfonamides is 1. The molecular weight excluding hydrogens is 348 g/mol. The number of hydrogen-bond acceptors (Lipinski definition) is 3. The van der Waals surface area contributed by atoms with E-state index < -0.39 is 10.0 Å². The lowest BCUT2D eigenvalue weighted by molar-refractivity contribution is -0.120. The van der Waals surface area contributed by atoms with Crippen molar-refractivity contribution in [1.29, 1.82) is 0 Å². The Bertz CT molecular complexity index is 893. The van der Waals surface area contributed by atoms with Crippen LogP contribution in [0.2, 0.25) is 0 Å². The van der Waals surface area contributed by atoms with Gasteiger partial charge in [-0.25, -0.2) is 8.42 Å². The van der Waals surface area contributed by atoms with Gasteiger partial charge in [-0.05, 0) is 62.1 Å². The van der Waals surface area contributed by atoms with Gasteiger partial charge < -0.3 is 5.32 Å². The lowest BCUT2D eigenvalue weighted by Crippen LogP contribution is -2.41. The number of aryl methyl sites for hydroxylation is 3. The van der Waals surface area contributed by atoms with Crippen LogP contribution in [0.1, 0.15) is 35.2 Å². The minimum Gasteiger partial charge on any atom is -0.348 e. The van der Waals surface area contributed by atoms with Crippen molar-refractivity contribution in [1.82, 2.24) is 5.32 Å². The van der Waals surface area contributed by atoms with Gasteiger partial charge in [0.1, 0.15) is 6.54 Å². The quantitative estimate of drug-likeness (QED) is 0.844. The van der Waals surface area contributed by atoms with Gasteiger partial charge in [0.15, 0.2) is 0 Å². The number of para-hydroxylation sites is 1. The summed E-state index contributed by atoms with van der Waals surface area (Å²) in [5, 5.41) is 2.91. The summed E-state index contributed by atoms with van der Waals surface area (Å²) < 4.78 is 25.3. The van der Waals surface area contributed by atoms with Crippen LogP contribution in [0.3, 0.4) is 0 Å². The van der Waals surface area contributed by atoms with Crippen molar-refractivity contribution < 1.29 is 13.2 Å². The van der Waals surface area contributed by atoms with E-state index in [1.807, 2.05) is 20.8 Å². The van der Waals surface area contributed by atoms with Gasteiger partial charge in [0.2, 0.25) is 15.9 Å². The van der Waals surface area contributed by atoms with Gasteiger partial charge in [-0.3, -0.25) is 9.10 Å². The number of anilines is 1. The molecule has 0 aliphatic carbocycles. The van der Waals surface area contributed by atoms with Crippen LogP contribution in [0.4, 0.5) is 5.69 Å². The van der Waals surface area contributed by atoms with Crippen LogP contribution in [0.25, 0.3) is 0 Å². The molecule has 1 amide bonds. The summed E-state index contributed by atoms with van der Waals surface area (Å²) in [5.41, 5.74) is 4.97. The molecule has 2 rings (SSSR count). The van der Waals surface area contributed by atoms with E-state index in [0.29, 0.717) is 5.69 Å². The molecule has 26 heavy (non-hydrogen) atoms. The Hall–Kier alpha value is -2.34. The van der Waals surface area contributed by atoms with Crippen LogP contribution in [0.15, 0.2) is 42.5 Å². The highest BCUT2D eigenvalue weighted by atomic mass is 32.2. The van der Waals surface area contributed by atoms with E-state index in [0.717, 1.165) is 27.3 Å². The van der Waals surface area contributed by atoms with Crippen LogP contribution in [-0.2, 0) is 14.8 Å². The van der Waals surface area contributed by atoms with Crippen molar-refractivity contribution >= 4 is 21.6 Å². The largest absolute Gasteiger partial charge is 0.348 e. The van der Waals surface area contributed by atoms with E-state index in [2.05, 4.69) is 24.4 Å². The zero-order chi connectivity index (χ0) is 19.5. The molecule has 5 nitrogen and oxygen atoms in total. The van der Waals surface area contributed by atoms with Crippen molar-refractivity contribution in [3.05, 3.63) is 64.7 Å². The number of nitrogens with one attached hydrogen (secondary N) is 1. The third-order valence-corrected chi connectivity index (χ3v) is 5.60. The van der Waals surface area contributed by atoms with E-state index in [4.69, 9.17) is 0 Å². The minimum absolute atomic E-state index is 0.209. The fourth-order valence-electron chi connectivity index (χ4n) is 2.94. The third-order valence-electron chi connectivity index (χ3n) is 4.46. The van der Waals surface area contributed by atoms with Gasteiger partial charge >= 0.3 is 0 Å². The number of amides is 1. The van der Waals surface area contributed by atoms with Crippen LogP contribution in [0, 0.1) is 20.8 Å². The Morgan fingerprint density at radius 2 is 1.62 bits per heavy atom. The second-order valence-electron chi connectivity index (χ2n) is 6.69. The van der Waals surface area contributed by atoms with E-state index in [-0.39, 0.29) is 18.5 Å². The highest BCUT2D eigenvalue weighted by Crippen LogP contribution is 2.22. The molecule has 0 spiro atoms. The van der Waals surface area contributed by atoms with Gasteiger partial charge in [0.25, 0.3) is 0 Å². The van der Waals surface area contributed by atoms with Crippen LogP contribution >= 0.6 is 0 Å².